The summed E-state index contributed by atoms with van der Waals surface area (Å²) in [5, 5.41) is 18.2. The molecule has 3 aromatic rings. The number of amides is 1. The van der Waals surface area contributed by atoms with Gasteiger partial charge >= 0.3 is 0 Å². The van der Waals surface area contributed by atoms with Gasteiger partial charge in [-0.05, 0) is 62.4 Å². The molecule has 0 saturated heterocycles. The van der Waals surface area contributed by atoms with Crippen molar-refractivity contribution in [1.29, 1.82) is 0 Å². The van der Waals surface area contributed by atoms with Crippen molar-refractivity contribution in [3.63, 3.8) is 0 Å². The summed E-state index contributed by atoms with van der Waals surface area (Å²) in [6.45, 7) is 7.75. The first-order chi connectivity index (χ1) is 12.5. The number of ether oxygens (including phenoxy) is 1. The molecule has 0 bridgehead atoms. The summed E-state index contributed by atoms with van der Waals surface area (Å²) < 4.78 is 12.4. The van der Waals surface area contributed by atoms with Crippen molar-refractivity contribution in [3.8, 4) is 5.75 Å². The predicted molar refractivity (Wildman–Crippen MR) is 92.9 cm³/mol. The van der Waals surface area contributed by atoms with Gasteiger partial charge in [0, 0.05) is 5.56 Å². The summed E-state index contributed by atoms with van der Waals surface area (Å²) in [4.78, 5) is 12.3. The van der Waals surface area contributed by atoms with Crippen LogP contribution in [0.5, 0.6) is 5.75 Å². The molecule has 1 N–H and O–H groups in total. The van der Waals surface area contributed by atoms with Gasteiger partial charge in [-0.15, -0.1) is 5.10 Å². The maximum Gasteiger partial charge on any atom is 0.255 e. The number of tetrazole rings is 1. The van der Waals surface area contributed by atoms with Crippen LogP contribution in [-0.4, -0.2) is 31.3 Å². The molecule has 0 saturated carbocycles. The summed E-state index contributed by atoms with van der Waals surface area (Å²) in [6, 6.07) is 6.99. The second-order valence-electron chi connectivity index (χ2n) is 6.10. The highest BCUT2D eigenvalue weighted by Crippen LogP contribution is 2.20. The highest BCUT2D eigenvalue weighted by Gasteiger charge is 2.14. The lowest BCUT2D eigenvalue weighted by molar-refractivity contribution is 0.102. The fourth-order valence-corrected chi connectivity index (χ4v) is 2.41. The molecule has 0 unspecified atom stereocenters. The summed E-state index contributed by atoms with van der Waals surface area (Å²) in [7, 11) is 0. The van der Waals surface area contributed by atoms with Crippen molar-refractivity contribution in [3.05, 3.63) is 47.1 Å². The number of aryl methyl sites for hydroxylation is 2. The Hall–Kier alpha value is -3.23. The number of benzene rings is 1. The van der Waals surface area contributed by atoms with E-state index in [4.69, 9.17) is 9.26 Å². The summed E-state index contributed by atoms with van der Waals surface area (Å²) >= 11 is 0. The van der Waals surface area contributed by atoms with E-state index in [1.54, 1.807) is 42.8 Å². The van der Waals surface area contributed by atoms with Gasteiger partial charge in [-0.3, -0.25) is 4.79 Å². The SMILES string of the molecule is Cc1noc(C)c1NC(=O)c1ccc(OCc2nnnn2C(C)C)cc1. The number of hydrogen-bond donors (Lipinski definition) is 1. The number of hydrogen-bond acceptors (Lipinski definition) is 7. The van der Waals surface area contributed by atoms with E-state index in [0.29, 0.717) is 34.3 Å². The fraction of sp³-hybridized carbons (Fsp3) is 0.353. The molecule has 1 amide bonds. The Balaban J connectivity index is 1.63. The molecule has 2 aromatic heterocycles. The van der Waals surface area contributed by atoms with Gasteiger partial charge < -0.3 is 14.6 Å². The van der Waals surface area contributed by atoms with E-state index in [2.05, 4.69) is 26.0 Å². The number of carbonyl (C=O) groups is 1. The van der Waals surface area contributed by atoms with Crippen LogP contribution in [0.1, 0.15) is 47.5 Å². The van der Waals surface area contributed by atoms with Gasteiger partial charge in [0.15, 0.2) is 11.6 Å². The fourth-order valence-electron chi connectivity index (χ4n) is 2.41. The van der Waals surface area contributed by atoms with E-state index in [9.17, 15) is 4.79 Å². The van der Waals surface area contributed by atoms with Gasteiger partial charge in [0.2, 0.25) is 0 Å². The van der Waals surface area contributed by atoms with E-state index in [0.717, 1.165) is 0 Å². The monoisotopic (exact) mass is 356 g/mol. The molecule has 0 aliphatic carbocycles. The Bertz CT molecular complexity index is 878. The molecule has 0 atom stereocenters. The quantitative estimate of drug-likeness (QED) is 0.723. The smallest absolute Gasteiger partial charge is 0.255 e. The topological polar surface area (TPSA) is 108 Å². The highest BCUT2D eigenvalue weighted by molar-refractivity contribution is 6.04. The molecule has 26 heavy (non-hydrogen) atoms. The molecule has 3 rings (SSSR count). The molecule has 9 nitrogen and oxygen atoms in total. The van der Waals surface area contributed by atoms with Crippen LogP contribution < -0.4 is 10.1 Å². The second-order valence-corrected chi connectivity index (χ2v) is 6.10. The molecular weight excluding hydrogens is 336 g/mol. The van der Waals surface area contributed by atoms with Gasteiger partial charge in [-0.2, -0.15) is 0 Å². The first-order valence-electron chi connectivity index (χ1n) is 8.19. The Morgan fingerprint density at radius 1 is 1.27 bits per heavy atom. The standard InChI is InChI=1S/C17H20N6O3/c1-10(2)23-15(19-21-22-23)9-25-14-7-5-13(6-8-14)17(24)18-16-11(3)20-26-12(16)4/h5-8,10H,9H2,1-4H3,(H,18,24). The first kappa shape index (κ1) is 17.6. The zero-order valence-electron chi connectivity index (χ0n) is 15.1. The number of anilines is 1. The first-order valence-corrected chi connectivity index (χ1v) is 8.19. The van der Waals surface area contributed by atoms with Crippen LogP contribution >= 0.6 is 0 Å². The molecule has 2 heterocycles. The number of nitrogens with one attached hydrogen (secondary N) is 1. The molecule has 136 valence electrons. The largest absolute Gasteiger partial charge is 0.486 e. The minimum absolute atomic E-state index is 0.152. The maximum atomic E-state index is 12.3. The predicted octanol–water partition coefficient (Wildman–Crippen LogP) is 2.69. The van der Waals surface area contributed by atoms with Gasteiger partial charge in [-0.1, -0.05) is 5.16 Å². The van der Waals surface area contributed by atoms with E-state index in [1.165, 1.54) is 0 Å². The van der Waals surface area contributed by atoms with Crippen LogP contribution in [0.4, 0.5) is 5.69 Å². The Kier molecular flexibility index (Phi) is 4.97. The third-order valence-electron chi connectivity index (χ3n) is 3.81. The van der Waals surface area contributed by atoms with Gasteiger partial charge in [0.25, 0.3) is 5.91 Å². The lowest BCUT2D eigenvalue weighted by Gasteiger charge is -2.09. The summed E-state index contributed by atoms with van der Waals surface area (Å²) in [6.07, 6.45) is 0. The molecule has 0 spiro atoms. The van der Waals surface area contributed by atoms with Crippen LogP contribution in [0, 0.1) is 13.8 Å². The Morgan fingerprint density at radius 2 is 2.00 bits per heavy atom. The van der Waals surface area contributed by atoms with Crippen molar-refractivity contribution in [1.82, 2.24) is 25.4 Å². The number of nitrogens with zero attached hydrogens (tertiary/aromatic N) is 5. The minimum atomic E-state index is -0.241. The summed E-state index contributed by atoms with van der Waals surface area (Å²) in [5.41, 5.74) is 1.74. The molecule has 0 aliphatic rings. The molecule has 0 fully saturated rings. The number of carbonyl (C=O) groups excluding carboxylic acids is 1. The van der Waals surface area contributed by atoms with Crippen molar-refractivity contribution in [2.45, 2.75) is 40.3 Å². The second kappa shape index (κ2) is 7.34. The maximum absolute atomic E-state index is 12.3. The third-order valence-corrected chi connectivity index (χ3v) is 3.81. The normalized spacial score (nSPS) is 11.0. The van der Waals surface area contributed by atoms with Gasteiger partial charge in [0.05, 0.1) is 6.04 Å². The van der Waals surface area contributed by atoms with E-state index in [-0.39, 0.29) is 18.6 Å². The van der Waals surface area contributed by atoms with Crippen LogP contribution in [0.25, 0.3) is 0 Å². The molecular formula is C17H20N6O3. The number of aromatic nitrogens is 5. The van der Waals surface area contributed by atoms with Crippen LogP contribution in [0.15, 0.2) is 28.8 Å². The van der Waals surface area contributed by atoms with Gasteiger partial charge in [0.1, 0.15) is 23.7 Å². The van der Waals surface area contributed by atoms with Gasteiger partial charge in [-0.25, -0.2) is 4.68 Å². The van der Waals surface area contributed by atoms with Crippen molar-refractivity contribution < 1.29 is 14.1 Å². The molecule has 0 radical (unpaired) electrons. The average Bonchev–Trinajstić information content (AvgIpc) is 3.22. The van der Waals surface area contributed by atoms with Crippen LogP contribution in [0.3, 0.4) is 0 Å². The van der Waals surface area contributed by atoms with Crippen molar-refractivity contribution >= 4 is 11.6 Å². The molecule has 1 aromatic carbocycles. The minimum Gasteiger partial charge on any atom is -0.486 e. The zero-order chi connectivity index (χ0) is 18.7. The van der Waals surface area contributed by atoms with Crippen molar-refractivity contribution in [2.24, 2.45) is 0 Å². The molecule has 0 aliphatic heterocycles. The highest BCUT2D eigenvalue weighted by atomic mass is 16.5. The third kappa shape index (κ3) is 3.71. The lowest BCUT2D eigenvalue weighted by Crippen LogP contribution is -2.13. The Labute approximate surface area is 150 Å². The van der Waals surface area contributed by atoms with E-state index >= 15 is 0 Å². The van der Waals surface area contributed by atoms with E-state index in [1.807, 2.05) is 13.8 Å². The summed E-state index contributed by atoms with van der Waals surface area (Å²) in [5.74, 6) is 1.59. The number of rotatable bonds is 6. The lowest BCUT2D eigenvalue weighted by atomic mass is 10.2. The Morgan fingerprint density at radius 3 is 2.62 bits per heavy atom. The van der Waals surface area contributed by atoms with E-state index < -0.39 is 0 Å². The van der Waals surface area contributed by atoms with Crippen molar-refractivity contribution in [2.75, 3.05) is 5.32 Å². The van der Waals surface area contributed by atoms with Crippen LogP contribution in [0.2, 0.25) is 0 Å². The average molecular weight is 356 g/mol. The zero-order valence-corrected chi connectivity index (χ0v) is 15.1. The van der Waals surface area contributed by atoms with Crippen LogP contribution in [-0.2, 0) is 6.61 Å². The molecule has 9 heteroatoms.